The highest BCUT2D eigenvalue weighted by molar-refractivity contribution is 6.00. The van der Waals surface area contributed by atoms with E-state index in [0.29, 0.717) is 12.0 Å². The first kappa shape index (κ1) is 17.0. The number of carbonyl (C=O) groups is 1. The predicted octanol–water partition coefficient (Wildman–Crippen LogP) is 3.55. The summed E-state index contributed by atoms with van der Waals surface area (Å²) in [6.45, 7) is 5.99. The van der Waals surface area contributed by atoms with Crippen molar-refractivity contribution in [3.05, 3.63) is 59.2 Å². The smallest absolute Gasteiger partial charge is 0.253 e. The van der Waals surface area contributed by atoms with Gasteiger partial charge in [-0.2, -0.15) is 0 Å². The Morgan fingerprint density at radius 1 is 1.09 bits per heavy atom. The molecule has 0 fully saturated rings. The van der Waals surface area contributed by atoms with Gasteiger partial charge in [0.15, 0.2) is 0 Å². The van der Waals surface area contributed by atoms with Crippen LogP contribution >= 0.6 is 0 Å². The minimum absolute atomic E-state index is 0.0607. The number of benzene rings is 2. The topological polar surface area (TPSA) is 61.4 Å². The molecule has 23 heavy (non-hydrogen) atoms. The number of rotatable bonds is 6. The molecule has 0 aromatic heterocycles. The van der Waals surface area contributed by atoms with Crippen molar-refractivity contribution in [1.29, 1.82) is 0 Å². The average Bonchev–Trinajstić information content (AvgIpc) is 2.57. The van der Waals surface area contributed by atoms with Gasteiger partial charge in [0.25, 0.3) is 5.91 Å². The number of hydrogen-bond acceptors (Lipinski definition) is 3. The Hall–Kier alpha value is -2.33. The minimum atomic E-state index is -0.226. The molecule has 0 radical (unpaired) electrons. The van der Waals surface area contributed by atoms with Crippen LogP contribution in [-0.2, 0) is 0 Å². The molecule has 0 saturated carbocycles. The van der Waals surface area contributed by atoms with E-state index in [-0.39, 0.29) is 18.6 Å². The van der Waals surface area contributed by atoms with E-state index in [4.69, 9.17) is 0 Å². The Labute approximate surface area is 137 Å². The van der Waals surface area contributed by atoms with Gasteiger partial charge in [0.05, 0.1) is 23.9 Å². The Kier molecular flexibility index (Phi) is 5.77. The molecule has 0 spiro atoms. The molecule has 1 amide bonds. The summed E-state index contributed by atoms with van der Waals surface area (Å²) in [5, 5.41) is 15.5. The molecule has 2 aromatic carbocycles. The predicted molar refractivity (Wildman–Crippen MR) is 94.3 cm³/mol. The van der Waals surface area contributed by atoms with E-state index in [1.54, 1.807) is 6.07 Å². The molecule has 2 rings (SSSR count). The van der Waals surface area contributed by atoms with E-state index < -0.39 is 0 Å². The number of amides is 1. The molecule has 0 aliphatic carbocycles. The first-order chi connectivity index (χ1) is 11.1. The van der Waals surface area contributed by atoms with Crippen molar-refractivity contribution in [3.8, 4) is 0 Å². The lowest BCUT2D eigenvalue weighted by molar-refractivity contribution is 0.0916. The number of nitrogens with one attached hydrogen (secondary N) is 2. The molecular weight excluding hydrogens is 288 g/mol. The van der Waals surface area contributed by atoms with Crippen molar-refractivity contribution in [2.24, 2.45) is 0 Å². The highest BCUT2D eigenvalue weighted by atomic mass is 16.3. The quantitative estimate of drug-likeness (QED) is 0.764. The number of aryl methyl sites for hydroxylation is 1. The minimum Gasteiger partial charge on any atom is -0.394 e. The Balaban J connectivity index is 2.27. The van der Waals surface area contributed by atoms with Gasteiger partial charge in [-0.3, -0.25) is 4.79 Å². The van der Waals surface area contributed by atoms with Crippen LogP contribution in [0.25, 0.3) is 0 Å². The number of carbonyl (C=O) groups excluding carboxylic acids is 1. The van der Waals surface area contributed by atoms with Crippen LogP contribution < -0.4 is 10.6 Å². The van der Waals surface area contributed by atoms with Crippen molar-refractivity contribution in [2.45, 2.75) is 33.2 Å². The van der Waals surface area contributed by atoms with Crippen LogP contribution in [0, 0.1) is 13.8 Å². The number of para-hydroxylation sites is 1. The van der Waals surface area contributed by atoms with Crippen LogP contribution in [0.4, 0.5) is 11.4 Å². The van der Waals surface area contributed by atoms with Crippen LogP contribution in [-0.4, -0.2) is 23.7 Å². The molecule has 0 saturated heterocycles. The van der Waals surface area contributed by atoms with Gasteiger partial charge < -0.3 is 15.7 Å². The highest BCUT2D eigenvalue weighted by Crippen LogP contribution is 2.25. The van der Waals surface area contributed by atoms with Crippen LogP contribution in [0.1, 0.15) is 34.8 Å². The van der Waals surface area contributed by atoms with Gasteiger partial charge in [-0.15, -0.1) is 0 Å². The van der Waals surface area contributed by atoms with Crippen LogP contribution in [0.15, 0.2) is 42.5 Å². The zero-order valence-corrected chi connectivity index (χ0v) is 13.9. The van der Waals surface area contributed by atoms with Crippen molar-refractivity contribution >= 4 is 17.3 Å². The van der Waals surface area contributed by atoms with Crippen molar-refractivity contribution in [1.82, 2.24) is 5.32 Å². The number of anilines is 2. The molecule has 3 N–H and O–H groups in total. The van der Waals surface area contributed by atoms with Gasteiger partial charge in [-0.25, -0.2) is 0 Å². The second kappa shape index (κ2) is 7.79. The molecule has 0 bridgehead atoms. The molecule has 4 nitrogen and oxygen atoms in total. The van der Waals surface area contributed by atoms with E-state index in [1.807, 2.05) is 37.3 Å². The summed E-state index contributed by atoms with van der Waals surface area (Å²) in [5.74, 6) is -0.181. The SMILES string of the molecule is CCC(CO)NC(=O)c1ccccc1Nc1cccc(C)c1C. The highest BCUT2D eigenvalue weighted by Gasteiger charge is 2.15. The molecule has 0 aliphatic rings. The summed E-state index contributed by atoms with van der Waals surface area (Å²) < 4.78 is 0. The Morgan fingerprint density at radius 3 is 2.48 bits per heavy atom. The fourth-order valence-corrected chi connectivity index (χ4v) is 2.36. The van der Waals surface area contributed by atoms with Crippen LogP contribution in [0.5, 0.6) is 0 Å². The Morgan fingerprint density at radius 2 is 1.78 bits per heavy atom. The second-order valence-corrected chi connectivity index (χ2v) is 5.68. The monoisotopic (exact) mass is 312 g/mol. The van der Waals surface area contributed by atoms with Gasteiger partial charge in [0.2, 0.25) is 0 Å². The molecule has 2 aromatic rings. The van der Waals surface area contributed by atoms with Gasteiger partial charge >= 0.3 is 0 Å². The fraction of sp³-hybridized carbons (Fsp3) is 0.316. The molecule has 0 heterocycles. The van der Waals surface area contributed by atoms with Gasteiger partial charge in [0, 0.05) is 5.69 Å². The molecule has 122 valence electrons. The summed E-state index contributed by atoms with van der Waals surface area (Å²) in [4.78, 5) is 12.5. The summed E-state index contributed by atoms with van der Waals surface area (Å²) >= 11 is 0. The van der Waals surface area contributed by atoms with Crippen LogP contribution in [0.3, 0.4) is 0 Å². The van der Waals surface area contributed by atoms with E-state index in [9.17, 15) is 9.90 Å². The van der Waals surface area contributed by atoms with E-state index in [2.05, 4.69) is 30.5 Å². The first-order valence-corrected chi connectivity index (χ1v) is 7.90. The molecule has 1 unspecified atom stereocenters. The van der Waals surface area contributed by atoms with E-state index in [1.165, 1.54) is 5.56 Å². The maximum Gasteiger partial charge on any atom is 0.253 e. The first-order valence-electron chi connectivity index (χ1n) is 7.90. The fourth-order valence-electron chi connectivity index (χ4n) is 2.36. The maximum atomic E-state index is 12.5. The van der Waals surface area contributed by atoms with E-state index >= 15 is 0 Å². The van der Waals surface area contributed by atoms with Crippen molar-refractivity contribution in [2.75, 3.05) is 11.9 Å². The number of aliphatic hydroxyl groups is 1. The summed E-state index contributed by atoms with van der Waals surface area (Å²) in [6, 6.07) is 13.2. The largest absolute Gasteiger partial charge is 0.394 e. The lowest BCUT2D eigenvalue weighted by Gasteiger charge is -2.17. The van der Waals surface area contributed by atoms with Crippen LogP contribution in [0.2, 0.25) is 0 Å². The van der Waals surface area contributed by atoms with Crippen molar-refractivity contribution in [3.63, 3.8) is 0 Å². The summed E-state index contributed by atoms with van der Waals surface area (Å²) in [6.07, 6.45) is 0.689. The summed E-state index contributed by atoms with van der Waals surface area (Å²) in [7, 11) is 0. The zero-order valence-electron chi connectivity index (χ0n) is 13.9. The van der Waals surface area contributed by atoms with Gasteiger partial charge in [-0.1, -0.05) is 31.2 Å². The third-order valence-corrected chi connectivity index (χ3v) is 4.09. The van der Waals surface area contributed by atoms with Gasteiger partial charge in [-0.05, 0) is 49.6 Å². The Bertz CT molecular complexity index is 679. The molecular formula is C19H24N2O2. The second-order valence-electron chi connectivity index (χ2n) is 5.68. The van der Waals surface area contributed by atoms with Crippen molar-refractivity contribution < 1.29 is 9.90 Å². The normalized spacial score (nSPS) is 11.8. The van der Waals surface area contributed by atoms with E-state index in [0.717, 1.165) is 16.9 Å². The lowest BCUT2D eigenvalue weighted by atomic mass is 10.1. The third kappa shape index (κ3) is 4.11. The zero-order chi connectivity index (χ0) is 16.8. The number of hydrogen-bond donors (Lipinski definition) is 3. The lowest BCUT2D eigenvalue weighted by Crippen LogP contribution is -2.37. The summed E-state index contributed by atoms with van der Waals surface area (Å²) in [5.41, 5.74) is 4.67. The average molecular weight is 312 g/mol. The van der Waals surface area contributed by atoms with Gasteiger partial charge in [0.1, 0.15) is 0 Å². The maximum absolute atomic E-state index is 12.5. The molecule has 1 atom stereocenters. The molecule has 4 heteroatoms. The molecule has 0 aliphatic heterocycles. The third-order valence-electron chi connectivity index (χ3n) is 4.09. The standard InChI is InChI=1S/C19H24N2O2/c1-4-15(12-22)20-19(23)16-9-5-6-10-18(16)21-17-11-7-8-13(2)14(17)3/h5-11,15,21-22H,4,12H2,1-3H3,(H,20,23). The number of aliphatic hydroxyl groups excluding tert-OH is 1.